The predicted octanol–water partition coefficient (Wildman–Crippen LogP) is 6.03. The fourth-order valence-corrected chi connectivity index (χ4v) is 6.16. The molecule has 1 aliphatic carbocycles. The molecule has 210 valence electrons. The molecule has 3 amide bonds. The molecule has 9 heteroatoms. The van der Waals surface area contributed by atoms with Gasteiger partial charge in [0.2, 0.25) is 0 Å². The number of rotatable bonds is 6. The summed E-state index contributed by atoms with van der Waals surface area (Å²) in [5.74, 6) is 0.524. The lowest BCUT2D eigenvalue weighted by Crippen LogP contribution is -2.45. The minimum Gasteiger partial charge on any atom is -0.495 e. The van der Waals surface area contributed by atoms with Gasteiger partial charge in [-0.2, -0.15) is 0 Å². The van der Waals surface area contributed by atoms with Crippen LogP contribution >= 0.6 is 11.6 Å². The zero-order valence-electron chi connectivity index (χ0n) is 23.4. The molecule has 0 spiro atoms. The maximum Gasteiger partial charge on any atom is 0.319 e. The SMILES string of the molecule is COc1ccc(Cl)cc1NC(=O)NC1CC(C)(C)c2ccc(C(=O)N(C)C3CCN(c4ccncc4)CC3)cc21. The van der Waals surface area contributed by atoms with Gasteiger partial charge >= 0.3 is 6.03 Å². The van der Waals surface area contributed by atoms with Crippen molar-refractivity contribution in [3.8, 4) is 5.75 Å². The molecule has 1 aromatic heterocycles. The van der Waals surface area contributed by atoms with Crippen molar-refractivity contribution in [2.24, 2.45) is 0 Å². The van der Waals surface area contributed by atoms with E-state index in [4.69, 9.17) is 16.3 Å². The van der Waals surface area contributed by atoms with Crippen LogP contribution in [-0.4, -0.2) is 55.1 Å². The van der Waals surface area contributed by atoms with E-state index in [1.165, 1.54) is 5.69 Å². The zero-order chi connectivity index (χ0) is 28.4. The van der Waals surface area contributed by atoms with Crippen LogP contribution in [0.5, 0.6) is 5.75 Å². The van der Waals surface area contributed by atoms with E-state index in [9.17, 15) is 9.59 Å². The van der Waals surface area contributed by atoms with Crippen LogP contribution < -0.4 is 20.3 Å². The number of hydrogen-bond donors (Lipinski definition) is 2. The van der Waals surface area contributed by atoms with E-state index in [0.29, 0.717) is 22.0 Å². The van der Waals surface area contributed by atoms with Gasteiger partial charge in [0.15, 0.2) is 0 Å². The molecule has 2 heterocycles. The van der Waals surface area contributed by atoms with Gasteiger partial charge in [0.1, 0.15) is 5.75 Å². The first-order valence-electron chi connectivity index (χ1n) is 13.6. The summed E-state index contributed by atoms with van der Waals surface area (Å²) in [5, 5.41) is 6.46. The molecule has 0 saturated carbocycles. The third-order valence-electron chi connectivity index (χ3n) is 8.19. The van der Waals surface area contributed by atoms with Gasteiger partial charge in [-0.25, -0.2) is 4.79 Å². The van der Waals surface area contributed by atoms with Crippen molar-refractivity contribution in [1.29, 1.82) is 0 Å². The van der Waals surface area contributed by atoms with Crippen molar-refractivity contribution in [3.63, 3.8) is 0 Å². The lowest BCUT2D eigenvalue weighted by atomic mass is 9.86. The van der Waals surface area contributed by atoms with Crippen LogP contribution in [0.25, 0.3) is 0 Å². The Labute approximate surface area is 240 Å². The summed E-state index contributed by atoms with van der Waals surface area (Å²) in [6.07, 6.45) is 6.15. The minimum atomic E-state index is -0.357. The van der Waals surface area contributed by atoms with Crippen molar-refractivity contribution < 1.29 is 14.3 Å². The number of carbonyl (C=O) groups excluding carboxylic acids is 2. The number of methoxy groups -OCH3 is 1. The number of nitrogens with zero attached hydrogens (tertiary/aromatic N) is 3. The number of fused-ring (bicyclic) bond motifs is 1. The number of hydrogen-bond acceptors (Lipinski definition) is 5. The molecule has 2 aliphatic rings. The topological polar surface area (TPSA) is 86.8 Å². The van der Waals surface area contributed by atoms with Gasteiger partial charge in [-0.15, -0.1) is 0 Å². The Kier molecular flexibility index (Phi) is 7.90. The Bertz CT molecular complexity index is 1390. The van der Waals surface area contributed by atoms with Gasteiger partial charge < -0.3 is 25.2 Å². The summed E-state index contributed by atoms with van der Waals surface area (Å²) >= 11 is 6.13. The summed E-state index contributed by atoms with van der Waals surface area (Å²) in [6, 6.07) is 14.6. The second-order valence-electron chi connectivity index (χ2n) is 11.2. The first-order valence-corrected chi connectivity index (χ1v) is 14.0. The highest BCUT2D eigenvalue weighted by Crippen LogP contribution is 2.45. The Morgan fingerprint density at radius 1 is 1.07 bits per heavy atom. The largest absolute Gasteiger partial charge is 0.495 e. The smallest absolute Gasteiger partial charge is 0.319 e. The fraction of sp³-hybridized carbons (Fsp3) is 0.387. The Morgan fingerprint density at radius 3 is 2.50 bits per heavy atom. The number of urea groups is 1. The molecule has 1 aliphatic heterocycles. The summed E-state index contributed by atoms with van der Waals surface area (Å²) < 4.78 is 5.35. The molecule has 3 aromatic rings. The van der Waals surface area contributed by atoms with E-state index < -0.39 is 0 Å². The summed E-state index contributed by atoms with van der Waals surface area (Å²) in [6.45, 7) is 6.11. The van der Waals surface area contributed by atoms with Crippen molar-refractivity contribution in [3.05, 3.63) is 82.6 Å². The third kappa shape index (κ3) is 5.72. The predicted molar refractivity (Wildman–Crippen MR) is 159 cm³/mol. The third-order valence-corrected chi connectivity index (χ3v) is 8.43. The number of nitrogens with one attached hydrogen (secondary N) is 2. The van der Waals surface area contributed by atoms with Crippen LogP contribution in [0.4, 0.5) is 16.2 Å². The van der Waals surface area contributed by atoms with E-state index in [2.05, 4.69) is 34.4 Å². The molecule has 1 fully saturated rings. The van der Waals surface area contributed by atoms with Crippen LogP contribution in [0.15, 0.2) is 60.9 Å². The van der Waals surface area contributed by atoms with Crippen LogP contribution in [0.2, 0.25) is 5.02 Å². The number of benzene rings is 2. The van der Waals surface area contributed by atoms with Crippen molar-refractivity contribution in [2.75, 3.05) is 37.5 Å². The zero-order valence-corrected chi connectivity index (χ0v) is 24.2. The number of anilines is 2. The molecular formula is C31H36ClN5O3. The Morgan fingerprint density at radius 2 is 1.80 bits per heavy atom. The van der Waals surface area contributed by atoms with Crippen molar-refractivity contribution in [1.82, 2.24) is 15.2 Å². The lowest BCUT2D eigenvalue weighted by molar-refractivity contribution is 0.0709. The molecule has 2 N–H and O–H groups in total. The normalized spacial score (nSPS) is 18.1. The first-order chi connectivity index (χ1) is 19.2. The molecule has 40 heavy (non-hydrogen) atoms. The number of ether oxygens (including phenoxy) is 1. The van der Waals surface area contributed by atoms with Gasteiger partial charge in [-0.05, 0) is 78.3 Å². The Hall–Kier alpha value is -3.78. The standard InChI is InChI=1S/C31H36ClN5O3/c1-31(2)19-27(35-30(39)34-26-18-21(32)6-8-28(26)40-4)24-17-20(5-7-25(24)31)29(38)36(3)22-11-15-37(16-12-22)23-9-13-33-14-10-23/h5-10,13-14,17-18,22,27H,11-12,15-16,19H2,1-4H3,(H2,34,35,39). The highest BCUT2D eigenvalue weighted by Gasteiger charge is 2.38. The lowest BCUT2D eigenvalue weighted by Gasteiger charge is -2.38. The van der Waals surface area contributed by atoms with Gasteiger partial charge in [0, 0.05) is 54.8 Å². The average molecular weight is 562 g/mol. The van der Waals surface area contributed by atoms with E-state index in [1.807, 2.05) is 54.7 Å². The summed E-state index contributed by atoms with van der Waals surface area (Å²) in [4.78, 5) is 35.0. The Balaban J connectivity index is 1.28. The number of halogens is 1. The van der Waals surface area contributed by atoms with Crippen LogP contribution in [0, 0.1) is 0 Å². The average Bonchev–Trinajstić information content (AvgIpc) is 3.21. The molecular weight excluding hydrogens is 526 g/mol. The van der Waals surface area contributed by atoms with Gasteiger partial charge in [0.25, 0.3) is 5.91 Å². The maximum absolute atomic E-state index is 13.6. The van der Waals surface area contributed by atoms with Crippen LogP contribution in [-0.2, 0) is 5.41 Å². The van der Waals surface area contributed by atoms with Crippen molar-refractivity contribution >= 4 is 34.9 Å². The number of piperidine rings is 1. The first kappa shape index (κ1) is 27.8. The maximum atomic E-state index is 13.6. The van der Waals surface area contributed by atoms with Crippen molar-refractivity contribution in [2.45, 2.75) is 50.6 Å². The molecule has 0 radical (unpaired) electrons. The molecule has 5 rings (SSSR count). The molecule has 1 atom stereocenters. The van der Waals surface area contributed by atoms with Crippen LogP contribution in [0.1, 0.15) is 60.6 Å². The number of carbonyl (C=O) groups is 2. The second kappa shape index (κ2) is 11.4. The van der Waals surface area contributed by atoms with E-state index in [0.717, 1.165) is 43.5 Å². The fourth-order valence-electron chi connectivity index (χ4n) is 5.99. The van der Waals surface area contributed by atoms with Crippen LogP contribution in [0.3, 0.4) is 0 Å². The quantitative estimate of drug-likeness (QED) is 0.384. The van der Waals surface area contributed by atoms with E-state index in [1.54, 1.807) is 25.3 Å². The highest BCUT2D eigenvalue weighted by atomic mass is 35.5. The molecule has 2 aromatic carbocycles. The molecule has 1 unspecified atom stereocenters. The van der Waals surface area contributed by atoms with E-state index in [-0.39, 0.29) is 29.4 Å². The van der Waals surface area contributed by atoms with Gasteiger partial charge in [-0.3, -0.25) is 9.78 Å². The summed E-state index contributed by atoms with van der Waals surface area (Å²) in [7, 11) is 3.44. The highest BCUT2D eigenvalue weighted by molar-refractivity contribution is 6.31. The van der Waals surface area contributed by atoms with Gasteiger partial charge in [-0.1, -0.05) is 31.5 Å². The monoisotopic (exact) mass is 561 g/mol. The number of pyridine rings is 1. The molecule has 8 nitrogen and oxygen atoms in total. The van der Waals surface area contributed by atoms with Gasteiger partial charge in [0.05, 0.1) is 18.8 Å². The van der Waals surface area contributed by atoms with E-state index >= 15 is 0 Å². The second-order valence-corrected chi connectivity index (χ2v) is 11.7. The molecule has 1 saturated heterocycles. The number of aromatic nitrogens is 1. The molecule has 0 bridgehead atoms. The minimum absolute atomic E-state index is 0.00160. The summed E-state index contributed by atoms with van der Waals surface area (Å²) in [5.41, 5.74) is 4.27. The number of amides is 3.